The molecule has 1 fully saturated rings. The van der Waals surface area contributed by atoms with Gasteiger partial charge in [-0.15, -0.1) is 0 Å². The van der Waals surface area contributed by atoms with Crippen LogP contribution in [0.25, 0.3) is 0 Å². The van der Waals surface area contributed by atoms with Crippen molar-refractivity contribution in [1.82, 2.24) is 14.9 Å². The molecular formula is C24H29N5. The first-order chi connectivity index (χ1) is 14.2. The number of piperazine rings is 1. The maximum Gasteiger partial charge on any atom is 0.138 e. The summed E-state index contributed by atoms with van der Waals surface area (Å²) in [5.41, 5.74) is 2.54. The van der Waals surface area contributed by atoms with Crippen LogP contribution in [0.5, 0.6) is 0 Å². The number of para-hydroxylation sites is 1. The molecule has 0 bridgehead atoms. The van der Waals surface area contributed by atoms with Gasteiger partial charge in [0.15, 0.2) is 0 Å². The first-order valence-electron chi connectivity index (χ1n) is 10.4. The van der Waals surface area contributed by atoms with E-state index in [9.17, 15) is 0 Å². The molecule has 0 amide bonds. The van der Waals surface area contributed by atoms with Gasteiger partial charge in [0.1, 0.15) is 17.5 Å². The van der Waals surface area contributed by atoms with E-state index < -0.39 is 0 Å². The first-order valence-corrected chi connectivity index (χ1v) is 10.4. The number of rotatable bonds is 6. The Morgan fingerprint density at radius 1 is 0.862 bits per heavy atom. The van der Waals surface area contributed by atoms with Crippen LogP contribution < -0.4 is 9.80 Å². The number of aryl methyl sites for hydroxylation is 1. The van der Waals surface area contributed by atoms with Crippen LogP contribution in [0.2, 0.25) is 0 Å². The van der Waals surface area contributed by atoms with Crippen molar-refractivity contribution in [2.75, 3.05) is 42.5 Å². The third kappa shape index (κ3) is 4.74. The second-order valence-corrected chi connectivity index (χ2v) is 7.46. The Balaban J connectivity index is 1.47. The molecule has 0 aliphatic carbocycles. The predicted molar refractivity (Wildman–Crippen MR) is 120 cm³/mol. The van der Waals surface area contributed by atoms with E-state index in [1.165, 1.54) is 5.56 Å². The fraction of sp³-hybridized carbons (Fsp3) is 0.333. The van der Waals surface area contributed by atoms with Gasteiger partial charge in [-0.05, 0) is 31.5 Å². The highest BCUT2D eigenvalue weighted by atomic mass is 15.3. The van der Waals surface area contributed by atoms with Crippen molar-refractivity contribution in [1.29, 1.82) is 0 Å². The average molecular weight is 388 g/mol. The van der Waals surface area contributed by atoms with Crippen molar-refractivity contribution in [3.05, 3.63) is 78.1 Å². The molecule has 3 aromatic rings. The Morgan fingerprint density at radius 2 is 1.52 bits per heavy atom. The average Bonchev–Trinajstić information content (AvgIpc) is 2.76. The van der Waals surface area contributed by atoms with Gasteiger partial charge in [0, 0.05) is 51.0 Å². The zero-order valence-corrected chi connectivity index (χ0v) is 17.3. The van der Waals surface area contributed by atoms with Gasteiger partial charge >= 0.3 is 0 Å². The summed E-state index contributed by atoms with van der Waals surface area (Å²) < 4.78 is 0. The highest BCUT2D eigenvalue weighted by Crippen LogP contribution is 2.26. The van der Waals surface area contributed by atoms with E-state index in [1.807, 2.05) is 13.0 Å². The molecule has 5 heteroatoms. The maximum atomic E-state index is 4.75. The summed E-state index contributed by atoms with van der Waals surface area (Å²) in [6, 6.07) is 23.3. The molecule has 0 radical (unpaired) electrons. The smallest absolute Gasteiger partial charge is 0.138 e. The van der Waals surface area contributed by atoms with Gasteiger partial charge in [0.25, 0.3) is 0 Å². The number of hydrogen-bond donors (Lipinski definition) is 0. The van der Waals surface area contributed by atoms with E-state index in [-0.39, 0.29) is 0 Å². The Labute approximate surface area is 173 Å². The van der Waals surface area contributed by atoms with Crippen molar-refractivity contribution >= 4 is 17.3 Å². The zero-order valence-electron chi connectivity index (χ0n) is 17.3. The van der Waals surface area contributed by atoms with Crippen molar-refractivity contribution in [3.8, 4) is 0 Å². The van der Waals surface area contributed by atoms with Crippen molar-refractivity contribution in [3.63, 3.8) is 0 Å². The lowest BCUT2D eigenvalue weighted by Crippen LogP contribution is -2.46. The minimum absolute atomic E-state index is 0.818. The van der Waals surface area contributed by atoms with E-state index in [2.05, 4.69) is 82.3 Å². The minimum Gasteiger partial charge on any atom is -0.354 e. The Morgan fingerprint density at radius 3 is 2.17 bits per heavy atom. The molecular weight excluding hydrogens is 358 g/mol. The molecule has 0 unspecified atom stereocenters. The highest BCUT2D eigenvalue weighted by molar-refractivity contribution is 5.62. The molecule has 0 saturated carbocycles. The molecule has 29 heavy (non-hydrogen) atoms. The van der Waals surface area contributed by atoms with Crippen molar-refractivity contribution in [2.45, 2.75) is 20.4 Å². The largest absolute Gasteiger partial charge is 0.354 e. The summed E-state index contributed by atoms with van der Waals surface area (Å²) >= 11 is 0. The quantitative estimate of drug-likeness (QED) is 0.631. The number of hydrogen-bond acceptors (Lipinski definition) is 5. The van der Waals surface area contributed by atoms with Crippen LogP contribution in [0, 0.1) is 6.92 Å². The van der Waals surface area contributed by atoms with Gasteiger partial charge in [-0.3, -0.25) is 4.90 Å². The molecule has 1 aliphatic rings. The van der Waals surface area contributed by atoms with Crippen molar-refractivity contribution < 1.29 is 0 Å². The number of anilines is 3. The van der Waals surface area contributed by atoms with Crippen molar-refractivity contribution in [2.24, 2.45) is 0 Å². The van der Waals surface area contributed by atoms with E-state index in [1.54, 1.807) is 0 Å². The van der Waals surface area contributed by atoms with E-state index in [0.717, 1.165) is 62.4 Å². The third-order valence-electron chi connectivity index (χ3n) is 5.42. The summed E-state index contributed by atoms with van der Waals surface area (Å²) in [7, 11) is 0. The third-order valence-corrected chi connectivity index (χ3v) is 5.42. The fourth-order valence-corrected chi connectivity index (χ4v) is 3.90. The maximum absolute atomic E-state index is 4.75. The SMILES string of the molecule is CCN(c1ccccc1)c1cc(N2CCN(Cc3ccccc3)CC2)nc(C)n1. The molecule has 1 saturated heterocycles. The molecule has 4 rings (SSSR count). The molecule has 0 atom stereocenters. The van der Waals surface area contributed by atoms with Crippen LogP contribution >= 0.6 is 0 Å². The summed E-state index contributed by atoms with van der Waals surface area (Å²) in [5.74, 6) is 2.81. The Kier molecular flexibility index (Phi) is 6.06. The molecule has 0 N–H and O–H groups in total. The lowest BCUT2D eigenvalue weighted by molar-refractivity contribution is 0.249. The molecule has 0 spiro atoms. The van der Waals surface area contributed by atoms with Gasteiger partial charge in [0.2, 0.25) is 0 Å². The van der Waals surface area contributed by atoms with E-state index >= 15 is 0 Å². The lowest BCUT2D eigenvalue weighted by Gasteiger charge is -2.36. The summed E-state index contributed by atoms with van der Waals surface area (Å²) in [6.45, 7) is 10.1. The topological polar surface area (TPSA) is 35.5 Å². The van der Waals surface area contributed by atoms with Gasteiger partial charge < -0.3 is 9.80 Å². The Bertz CT molecular complexity index is 905. The van der Waals surface area contributed by atoms with Crippen LogP contribution in [-0.2, 0) is 6.54 Å². The van der Waals surface area contributed by atoms with Gasteiger partial charge in [0.05, 0.1) is 0 Å². The standard InChI is InChI=1S/C24H29N5/c1-3-29(22-12-8-5-9-13-22)24-18-23(25-20(2)26-24)28-16-14-27(15-17-28)19-21-10-6-4-7-11-21/h4-13,18H,3,14-17,19H2,1-2H3. The highest BCUT2D eigenvalue weighted by Gasteiger charge is 2.20. The van der Waals surface area contributed by atoms with Gasteiger partial charge in [-0.25, -0.2) is 9.97 Å². The summed E-state index contributed by atoms with van der Waals surface area (Å²) in [6.07, 6.45) is 0. The number of aromatic nitrogens is 2. The lowest BCUT2D eigenvalue weighted by atomic mass is 10.2. The number of benzene rings is 2. The number of nitrogens with zero attached hydrogens (tertiary/aromatic N) is 5. The normalized spacial score (nSPS) is 14.8. The van der Waals surface area contributed by atoms with Crippen LogP contribution in [-0.4, -0.2) is 47.6 Å². The summed E-state index contributed by atoms with van der Waals surface area (Å²) in [5, 5.41) is 0. The van der Waals surface area contributed by atoms with Crippen LogP contribution in [0.15, 0.2) is 66.7 Å². The molecule has 2 heterocycles. The molecule has 1 aliphatic heterocycles. The van der Waals surface area contributed by atoms with Gasteiger partial charge in [-0.1, -0.05) is 48.5 Å². The van der Waals surface area contributed by atoms with Crippen LogP contribution in [0.3, 0.4) is 0 Å². The fourth-order valence-electron chi connectivity index (χ4n) is 3.90. The summed E-state index contributed by atoms with van der Waals surface area (Å²) in [4.78, 5) is 16.6. The first kappa shape index (κ1) is 19.4. The minimum atomic E-state index is 0.818. The Hall–Kier alpha value is -2.92. The molecule has 2 aromatic carbocycles. The zero-order chi connectivity index (χ0) is 20.1. The van der Waals surface area contributed by atoms with E-state index in [4.69, 9.17) is 9.97 Å². The molecule has 5 nitrogen and oxygen atoms in total. The van der Waals surface area contributed by atoms with Crippen LogP contribution in [0.4, 0.5) is 17.3 Å². The second-order valence-electron chi connectivity index (χ2n) is 7.46. The molecule has 1 aromatic heterocycles. The van der Waals surface area contributed by atoms with Gasteiger partial charge in [-0.2, -0.15) is 0 Å². The van der Waals surface area contributed by atoms with Crippen LogP contribution in [0.1, 0.15) is 18.3 Å². The molecule has 150 valence electrons. The van der Waals surface area contributed by atoms with E-state index in [0.29, 0.717) is 0 Å². The predicted octanol–water partition coefficient (Wildman–Crippen LogP) is 4.27. The second kappa shape index (κ2) is 9.05. The monoisotopic (exact) mass is 387 g/mol.